The number of hydrogen-bond acceptors (Lipinski definition) is 8. The maximum absolute atomic E-state index is 13.9. The van der Waals surface area contributed by atoms with Crippen molar-refractivity contribution in [2.24, 2.45) is 5.41 Å². The van der Waals surface area contributed by atoms with Crippen molar-refractivity contribution >= 4 is 21.6 Å². The van der Waals surface area contributed by atoms with Crippen LogP contribution in [0.25, 0.3) is 5.69 Å². The summed E-state index contributed by atoms with van der Waals surface area (Å²) in [6.45, 7) is 2.54. The molecule has 5 rings (SSSR count). The molecular formula is C26H28F2N6O6S. The van der Waals surface area contributed by atoms with Gasteiger partial charge in [-0.1, -0.05) is 25.1 Å². The van der Waals surface area contributed by atoms with Crippen molar-refractivity contribution in [2.75, 3.05) is 37.7 Å². The number of anilines is 1. The number of nitro groups is 1. The number of ether oxygens (including phenoxy) is 1. The molecule has 0 amide bonds. The Morgan fingerprint density at radius 2 is 1.76 bits per heavy atom. The molecule has 0 radical (unpaired) electrons. The smallest absolute Gasteiger partial charge is 0.316 e. The molecule has 2 aliphatic rings. The Morgan fingerprint density at radius 1 is 1.10 bits per heavy atom. The Kier molecular flexibility index (Phi) is 7.76. The van der Waals surface area contributed by atoms with Crippen molar-refractivity contribution in [1.82, 2.24) is 18.8 Å². The van der Waals surface area contributed by atoms with E-state index in [-0.39, 0.29) is 67.4 Å². The van der Waals surface area contributed by atoms with Gasteiger partial charge in [0.15, 0.2) is 0 Å². The number of benzene rings is 2. The van der Waals surface area contributed by atoms with Crippen LogP contribution in [0.3, 0.4) is 0 Å². The summed E-state index contributed by atoms with van der Waals surface area (Å²) in [6, 6.07) is 8.55. The second kappa shape index (κ2) is 11.1. The van der Waals surface area contributed by atoms with Crippen LogP contribution < -0.4 is 19.9 Å². The molecule has 1 saturated heterocycles. The van der Waals surface area contributed by atoms with Gasteiger partial charge >= 0.3 is 5.56 Å². The van der Waals surface area contributed by atoms with Gasteiger partial charge in [0.1, 0.15) is 17.3 Å². The van der Waals surface area contributed by atoms with E-state index in [9.17, 15) is 32.1 Å². The monoisotopic (exact) mass is 590 g/mol. The van der Waals surface area contributed by atoms with Crippen LogP contribution in [0.2, 0.25) is 0 Å². The zero-order valence-electron chi connectivity index (χ0n) is 22.1. The fraction of sp³-hybridized carbons (Fsp3) is 0.385. The minimum atomic E-state index is -3.97. The van der Waals surface area contributed by atoms with Gasteiger partial charge in [-0.15, -0.1) is 0 Å². The lowest BCUT2D eigenvalue weighted by atomic mass is 10.2. The highest BCUT2D eigenvalue weighted by molar-refractivity contribution is 7.87. The Bertz CT molecular complexity index is 1620. The first-order chi connectivity index (χ1) is 19.5. The molecule has 1 saturated carbocycles. The van der Waals surface area contributed by atoms with Crippen molar-refractivity contribution in [3.05, 3.63) is 86.3 Å². The minimum absolute atomic E-state index is 0.0383. The normalized spacial score (nSPS) is 16.9. The fourth-order valence-electron chi connectivity index (χ4n) is 4.51. The van der Waals surface area contributed by atoms with Crippen LogP contribution in [0, 0.1) is 27.2 Å². The lowest BCUT2D eigenvalue weighted by molar-refractivity contribution is -0.385. The molecule has 2 heterocycles. The number of halogens is 2. The van der Waals surface area contributed by atoms with E-state index in [1.165, 1.54) is 28.7 Å². The van der Waals surface area contributed by atoms with Gasteiger partial charge in [-0.3, -0.25) is 14.9 Å². The lowest BCUT2D eigenvalue weighted by Gasteiger charge is -2.35. The Balaban J connectivity index is 1.33. The molecule has 12 nitrogen and oxygen atoms in total. The first-order valence-corrected chi connectivity index (χ1v) is 14.3. The van der Waals surface area contributed by atoms with E-state index in [0.717, 1.165) is 29.7 Å². The highest BCUT2D eigenvalue weighted by Gasteiger charge is 2.39. The summed E-state index contributed by atoms with van der Waals surface area (Å²) in [5.41, 5.74) is -0.474. The quantitative estimate of drug-likeness (QED) is 0.281. The summed E-state index contributed by atoms with van der Waals surface area (Å²) >= 11 is 0. The molecule has 2 aromatic carbocycles. The van der Waals surface area contributed by atoms with Crippen LogP contribution in [0.5, 0.6) is 5.75 Å². The molecule has 0 atom stereocenters. The minimum Gasteiger partial charge on any atom is -0.486 e. The van der Waals surface area contributed by atoms with Crippen LogP contribution in [-0.2, 0) is 16.8 Å². The summed E-state index contributed by atoms with van der Waals surface area (Å²) in [6.07, 6.45) is 3.24. The highest BCUT2D eigenvalue weighted by atomic mass is 32.2. The molecular weight excluding hydrogens is 562 g/mol. The first-order valence-electron chi connectivity index (χ1n) is 12.9. The highest BCUT2D eigenvalue weighted by Crippen LogP contribution is 2.45. The average Bonchev–Trinajstić information content (AvgIpc) is 3.67. The number of nitrogens with zero attached hydrogens (tertiary/aromatic N) is 5. The van der Waals surface area contributed by atoms with Crippen LogP contribution in [0.15, 0.2) is 53.5 Å². The summed E-state index contributed by atoms with van der Waals surface area (Å²) in [5, 5.41) is 15.4. The van der Waals surface area contributed by atoms with E-state index in [2.05, 4.69) is 9.82 Å². The first kappa shape index (κ1) is 28.6. The van der Waals surface area contributed by atoms with Crippen molar-refractivity contribution < 1.29 is 26.9 Å². The summed E-state index contributed by atoms with van der Waals surface area (Å²) in [7, 11) is -3.97. The van der Waals surface area contributed by atoms with Gasteiger partial charge in [-0.25, -0.2) is 8.78 Å². The molecule has 1 aromatic heterocycles. The largest absolute Gasteiger partial charge is 0.486 e. The topological polar surface area (TPSA) is 140 Å². The van der Waals surface area contributed by atoms with Crippen LogP contribution in [0.1, 0.15) is 25.3 Å². The molecule has 218 valence electrons. The summed E-state index contributed by atoms with van der Waals surface area (Å²) < 4.78 is 64.1. The van der Waals surface area contributed by atoms with Crippen molar-refractivity contribution in [1.29, 1.82) is 0 Å². The lowest BCUT2D eigenvalue weighted by Crippen LogP contribution is -2.52. The molecule has 1 aliphatic carbocycles. The van der Waals surface area contributed by atoms with Gasteiger partial charge in [-0.2, -0.15) is 27.2 Å². The maximum Gasteiger partial charge on any atom is 0.316 e. The van der Waals surface area contributed by atoms with E-state index in [4.69, 9.17) is 4.74 Å². The zero-order valence-corrected chi connectivity index (χ0v) is 22.9. The van der Waals surface area contributed by atoms with Gasteiger partial charge in [0.25, 0.3) is 15.9 Å². The number of rotatable bonds is 10. The van der Waals surface area contributed by atoms with Gasteiger partial charge in [0.2, 0.25) is 5.75 Å². The second-order valence-electron chi connectivity index (χ2n) is 10.4. The van der Waals surface area contributed by atoms with Gasteiger partial charge < -0.3 is 9.64 Å². The molecule has 0 bridgehead atoms. The maximum atomic E-state index is 13.9. The van der Waals surface area contributed by atoms with Crippen molar-refractivity contribution in [3.8, 4) is 11.4 Å². The zero-order chi connectivity index (χ0) is 29.4. The average molecular weight is 591 g/mol. The van der Waals surface area contributed by atoms with E-state index in [0.29, 0.717) is 11.8 Å². The third-order valence-electron chi connectivity index (χ3n) is 7.23. The summed E-state index contributed by atoms with van der Waals surface area (Å²) in [4.78, 5) is 25.9. The number of aromatic nitrogens is 2. The van der Waals surface area contributed by atoms with Crippen molar-refractivity contribution in [3.63, 3.8) is 0 Å². The molecule has 0 unspecified atom stereocenters. The number of nitro benzene ring substituents is 1. The summed E-state index contributed by atoms with van der Waals surface area (Å²) in [5.74, 6) is -1.76. The predicted molar refractivity (Wildman–Crippen MR) is 145 cm³/mol. The Morgan fingerprint density at radius 3 is 2.39 bits per heavy atom. The van der Waals surface area contributed by atoms with E-state index >= 15 is 0 Å². The van der Waals surface area contributed by atoms with Crippen LogP contribution >= 0.6 is 0 Å². The van der Waals surface area contributed by atoms with Crippen molar-refractivity contribution in [2.45, 2.75) is 26.3 Å². The molecule has 41 heavy (non-hydrogen) atoms. The van der Waals surface area contributed by atoms with Gasteiger partial charge in [0.05, 0.1) is 23.4 Å². The third kappa shape index (κ3) is 6.36. The number of para-hydroxylation sites is 1. The van der Waals surface area contributed by atoms with Crippen LogP contribution in [-0.4, -0.2) is 60.2 Å². The third-order valence-corrected chi connectivity index (χ3v) is 8.78. The molecule has 2 fully saturated rings. The molecule has 1 N–H and O–H groups in total. The van der Waals surface area contributed by atoms with Gasteiger partial charge in [0, 0.05) is 55.8 Å². The molecule has 15 heteroatoms. The van der Waals surface area contributed by atoms with E-state index < -0.39 is 32.3 Å². The SMILES string of the molecule is CC1(COc2c(N3CCN(S(=O)(=O)NCc4ccccc4[N+](=O)[O-])CC3)cnn(-c3cc(F)cc(F)c3)c2=O)CC1. The van der Waals surface area contributed by atoms with Crippen LogP contribution in [0.4, 0.5) is 20.2 Å². The number of piperazine rings is 1. The number of nitrogens with one attached hydrogen (secondary N) is 1. The molecule has 1 aliphatic heterocycles. The predicted octanol–water partition coefficient (Wildman–Crippen LogP) is 2.75. The van der Waals surface area contributed by atoms with E-state index in [1.54, 1.807) is 11.0 Å². The number of hydrogen-bond donors (Lipinski definition) is 1. The second-order valence-corrected chi connectivity index (χ2v) is 12.2. The molecule has 3 aromatic rings. The standard InChI is InChI=1S/C26H28F2N6O6S/c1-26(6-7-26)17-40-24-23(16-29-33(25(24)35)21-13-19(27)12-20(28)14-21)31-8-10-32(11-9-31)41(38,39)30-15-18-4-2-3-5-22(18)34(36)37/h2-5,12-14,16,30H,6-11,15,17H2,1H3. The Hall–Kier alpha value is -3.95. The Labute approximate surface area is 234 Å². The fourth-order valence-corrected chi connectivity index (χ4v) is 5.67. The van der Waals surface area contributed by atoms with E-state index in [1.807, 2.05) is 6.92 Å². The molecule has 0 spiro atoms. The van der Waals surface area contributed by atoms with Gasteiger partial charge in [-0.05, 0) is 25.0 Å².